The molecule has 120 valence electrons. The number of carboxylic acids is 1. The number of hydrogen-bond donors (Lipinski definition) is 3. The normalized spacial score (nSPS) is 12.0. The lowest BCUT2D eigenvalue weighted by Crippen LogP contribution is -2.14. The molecule has 0 bridgehead atoms. The molecular formula is C20H18N2O2. The summed E-state index contributed by atoms with van der Waals surface area (Å²) in [7, 11) is 0. The molecule has 3 aromatic carbocycles. The van der Waals surface area contributed by atoms with E-state index < -0.39 is 11.9 Å². The van der Waals surface area contributed by atoms with Crippen molar-refractivity contribution in [1.29, 1.82) is 5.41 Å². The van der Waals surface area contributed by atoms with E-state index >= 15 is 0 Å². The van der Waals surface area contributed by atoms with Crippen LogP contribution in [0.1, 0.15) is 22.6 Å². The van der Waals surface area contributed by atoms with Crippen LogP contribution in [0, 0.1) is 5.41 Å². The van der Waals surface area contributed by atoms with Gasteiger partial charge in [0.05, 0.1) is 5.92 Å². The van der Waals surface area contributed by atoms with Crippen molar-refractivity contribution in [3.8, 4) is 0 Å². The van der Waals surface area contributed by atoms with Crippen molar-refractivity contribution in [3.05, 3.63) is 83.4 Å². The topological polar surface area (TPSA) is 87.2 Å². The minimum Gasteiger partial charge on any atom is -0.481 e. The first kappa shape index (κ1) is 15.7. The third-order valence-electron chi connectivity index (χ3n) is 4.16. The fourth-order valence-electron chi connectivity index (χ4n) is 2.85. The number of nitrogens with one attached hydrogen (secondary N) is 1. The monoisotopic (exact) mass is 318 g/mol. The third-order valence-corrected chi connectivity index (χ3v) is 4.16. The quantitative estimate of drug-likeness (QED) is 0.497. The number of hydrogen-bond acceptors (Lipinski definition) is 2. The average Bonchev–Trinajstić information content (AvgIpc) is 2.59. The lowest BCUT2D eigenvalue weighted by atomic mass is 9.90. The van der Waals surface area contributed by atoms with Crippen LogP contribution in [0.25, 0.3) is 10.8 Å². The first-order chi connectivity index (χ1) is 11.5. The minimum absolute atomic E-state index is 0.0217. The number of carboxylic acid groups (broad SMARTS) is 1. The molecule has 4 heteroatoms. The molecule has 4 N–H and O–H groups in total. The molecule has 0 heterocycles. The Bertz CT molecular complexity index is 904. The molecule has 0 aliphatic rings. The molecule has 3 aromatic rings. The molecular weight excluding hydrogens is 300 g/mol. The van der Waals surface area contributed by atoms with Gasteiger partial charge in [0.1, 0.15) is 5.84 Å². The summed E-state index contributed by atoms with van der Waals surface area (Å²) in [6.07, 6.45) is 0.452. The maximum atomic E-state index is 11.7. The highest BCUT2D eigenvalue weighted by atomic mass is 16.4. The average molecular weight is 318 g/mol. The van der Waals surface area contributed by atoms with Crippen LogP contribution >= 0.6 is 0 Å². The van der Waals surface area contributed by atoms with Gasteiger partial charge < -0.3 is 10.8 Å². The Morgan fingerprint density at radius 3 is 2.33 bits per heavy atom. The van der Waals surface area contributed by atoms with Crippen molar-refractivity contribution in [2.45, 2.75) is 12.3 Å². The minimum atomic E-state index is -0.835. The lowest BCUT2D eigenvalue weighted by molar-refractivity contribution is -0.138. The first-order valence-electron chi connectivity index (χ1n) is 7.69. The molecule has 0 fully saturated rings. The Balaban J connectivity index is 1.97. The summed E-state index contributed by atoms with van der Waals surface area (Å²) in [4.78, 5) is 11.7. The molecule has 0 spiro atoms. The van der Waals surface area contributed by atoms with Crippen LogP contribution in [0.4, 0.5) is 0 Å². The Kier molecular flexibility index (Phi) is 4.29. The van der Waals surface area contributed by atoms with Crippen molar-refractivity contribution < 1.29 is 9.90 Å². The van der Waals surface area contributed by atoms with E-state index in [1.165, 1.54) is 0 Å². The summed E-state index contributed by atoms with van der Waals surface area (Å²) in [5.41, 5.74) is 7.95. The largest absolute Gasteiger partial charge is 0.481 e. The molecule has 4 nitrogen and oxygen atoms in total. The van der Waals surface area contributed by atoms with Crippen molar-refractivity contribution in [1.82, 2.24) is 0 Å². The van der Waals surface area contributed by atoms with Gasteiger partial charge in [0.2, 0.25) is 0 Å². The van der Waals surface area contributed by atoms with Gasteiger partial charge in [0, 0.05) is 5.56 Å². The Labute approximate surface area is 140 Å². The van der Waals surface area contributed by atoms with Crippen molar-refractivity contribution in [2.75, 3.05) is 0 Å². The smallest absolute Gasteiger partial charge is 0.311 e. The summed E-state index contributed by atoms with van der Waals surface area (Å²) in [5, 5.41) is 19.0. The molecule has 0 saturated heterocycles. The molecule has 1 atom stereocenters. The number of aliphatic carboxylic acids is 1. The summed E-state index contributed by atoms with van der Waals surface area (Å²) >= 11 is 0. The highest BCUT2D eigenvalue weighted by Crippen LogP contribution is 2.26. The van der Waals surface area contributed by atoms with Crippen LogP contribution in [-0.4, -0.2) is 16.9 Å². The second-order valence-electron chi connectivity index (χ2n) is 5.82. The molecule has 3 rings (SSSR count). The maximum absolute atomic E-state index is 11.7. The molecule has 0 aliphatic heterocycles. The summed E-state index contributed by atoms with van der Waals surface area (Å²) < 4.78 is 0. The van der Waals surface area contributed by atoms with E-state index in [1.54, 1.807) is 6.07 Å². The predicted octanol–water partition coefficient (Wildman–Crippen LogP) is 3.53. The second-order valence-corrected chi connectivity index (χ2v) is 5.82. The van der Waals surface area contributed by atoms with E-state index in [2.05, 4.69) is 0 Å². The maximum Gasteiger partial charge on any atom is 0.311 e. The van der Waals surface area contributed by atoms with E-state index in [0.29, 0.717) is 12.0 Å². The fraction of sp³-hybridized carbons (Fsp3) is 0.100. The lowest BCUT2D eigenvalue weighted by Gasteiger charge is -2.14. The van der Waals surface area contributed by atoms with Gasteiger partial charge in [0.25, 0.3) is 0 Å². The van der Waals surface area contributed by atoms with Crippen LogP contribution in [0.2, 0.25) is 0 Å². The number of amidine groups is 1. The standard InChI is InChI=1S/C20H18N2O2/c21-19(22)17-9-7-14-11-16(8-6-15(14)12-17)18(20(23)24)10-13-4-2-1-3-5-13/h1-9,11-12,18H,10H2,(H3,21,22)(H,23,24). The van der Waals surface area contributed by atoms with Gasteiger partial charge in [-0.15, -0.1) is 0 Å². The van der Waals surface area contributed by atoms with Gasteiger partial charge in [-0.2, -0.15) is 0 Å². The van der Waals surface area contributed by atoms with E-state index in [9.17, 15) is 9.90 Å². The molecule has 24 heavy (non-hydrogen) atoms. The number of benzene rings is 3. The van der Waals surface area contributed by atoms with Gasteiger partial charge in [0.15, 0.2) is 0 Å². The molecule has 0 aliphatic carbocycles. The van der Waals surface area contributed by atoms with Gasteiger partial charge in [-0.1, -0.05) is 60.7 Å². The van der Waals surface area contributed by atoms with Crippen molar-refractivity contribution in [2.24, 2.45) is 5.73 Å². The number of nitrogen functional groups attached to an aromatic ring is 1. The predicted molar refractivity (Wildman–Crippen MR) is 95.5 cm³/mol. The molecule has 0 radical (unpaired) electrons. The highest BCUT2D eigenvalue weighted by molar-refractivity contribution is 5.99. The third kappa shape index (κ3) is 3.27. The van der Waals surface area contributed by atoms with Gasteiger partial charge in [-0.3, -0.25) is 10.2 Å². The molecule has 0 amide bonds. The molecule has 0 saturated carbocycles. The summed E-state index contributed by atoms with van der Waals surface area (Å²) in [6.45, 7) is 0. The van der Waals surface area contributed by atoms with Gasteiger partial charge >= 0.3 is 5.97 Å². The van der Waals surface area contributed by atoms with Gasteiger partial charge in [-0.25, -0.2) is 0 Å². The van der Waals surface area contributed by atoms with Crippen LogP contribution in [0.3, 0.4) is 0 Å². The number of rotatable bonds is 5. The zero-order valence-electron chi connectivity index (χ0n) is 13.1. The van der Waals surface area contributed by atoms with Crippen LogP contribution in [-0.2, 0) is 11.2 Å². The summed E-state index contributed by atoms with van der Waals surface area (Å²) in [6, 6.07) is 20.8. The Hall–Kier alpha value is -3.14. The number of fused-ring (bicyclic) bond motifs is 1. The zero-order valence-corrected chi connectivity index (χ0v) is 13.1. The fourth-order valence-corrected chi connectivity index (χ4v) is 2.85. The Morgan fingerprint density at radius 1 is 1.00 bits per heavy atom. The van der Waals surface area contributed by atoms with Crippen LogP contribution in [0.15, 0.2) is 66.7 Å². The molecule has 0 aromatic heterocycles. The highest BCUT2D eigenvalue weighted by Gasteiger charge is 2.20. The molecule has 1 unspecified atom stereocenters. The number of nitrogens with two attached hydrogens (primary N) is 1. The van der Waals surface area contributed by atoms with Crippen molar-refractivity contribution in [3.63, 3.8) is 0 Å². The SMILES string of the molecule is N=C(N)c1ccc2cc(C(Cc3ccccc3)C(=O)O)ccc2c1. The van der Waals surface area contributed by atoms with E-state index in [-0.39, 0.29) is 5.84 Å². The number of carbonyl (C=O) groups is 1. The van der Waals surface area contributed by atoms with Crippen molar-refractivity contribution >= 4 is 22.6 Å². The Morgan fingerprint density at radius 2 is 1.67 bits per heavy atom. The van der Waals surface area contributed by atoms with Gasteiger partial charge in [-0.05, 0) is 34.4 Å². The van der Waals surface area contributed by atoms with Crippen LogP contribution in [0.5, 0.6) is 0 Å². The first-order valence-corrected chi connectivity index (χ1v) is 7.69. The van der Waals surface area contributed by atoms with E-state index in [1.807, 2.05) is 60.7 Å². The zero-order chi connectivity index (χ0) is 17.1. The van der Waals surface area contributed by atoms with E-state index in [0.717, 1.165) is 21.9 Å². The summed E-state index contributed by atoms with van der Waals surface area (Å²) in [5.74, 6) is -1.41. The second kappa shape index (κ2) is 6.54. The van der Waals surface area contributed by atoms with E-state index in [4.69, 9.17) is 11.1 Å². The van der Waals surface area contributed by atoms with Crippen LogP contribution < -0.4 is 5.73 Å².